The van der Waals surface area contributed by atoms with Crippen molar-refractivity contribution >= 4 is 29.1 Å². The molecule has 0 aliphatic rings. The SMILES string of the molecule is CCC(SCc1csc(-c2ccco2)n1)C(=O)O. The standard InChI is InChI=1S/C12H13NO3S2/c1-2-10(12(14)15)17-6-8-7-18-11(13-8)9-4-3-5-16-9/h3-5,7,10H,2,6H2,1H3,(H,14,15). The Bertz CT molecular complexity index is 507. The van der Waals surface area contributed by atoms with Gasteiger partial charge in [0.05, 0.1) is 12.0 Å². The molecule has 2 rings (SSSR count). The molecule has 2 heterocycles. The quantitative estimate of drug-likeness (QED) is 0.879. The summed E-state index contributed by atoms with van der Waals surface area (Å²) in [7, 11) is 0. The van der Waals surface area contributed by atoms with E-state index in [1.165, 1.54) is 23.1 Å². The highest BCUT2D eigenvalue weighted by Gasteiger charge is 2.16. The number of aromatic nitrogens is 1. The van der Waals surface area contributed by atoms with Gasteiger partial charge in [0.2, 0.25) is 0 Å². The van der Waals surface area contributed by atoms with E-state index in [0.29, 0.717) is 12.2 Å². The summed E-state index contributed by atoms with van der Waals surface area (Å²) in [5.74, 6) is 0.604. The van der Waals surface area contributed by atoms with Crippen LogP contribution in [0.1, 0.15) is 19.0 Å². The normalized spacial score (nSPS) is 12.5. The fourth-order valence-corrected chi connectivity index (χ4v) is 3.23. The molecule has 0 aliphatic heterocycles. The second kappa shape index (κ2) is 6.06. The summed E-state index contributed by atoms with van der Waals surface area (Å²) in [5.41, 5.74) is 0.899. The monoisotopic (exact) mass is 283 g/mol. The minimum atomic E-state index is -0.760. The van der Waals surface area contributed by atoms with Gasteiger partial charge < -0.3 is 9.52 Å². The maximum absolute atomic E-state index is 10.9. The third-order valence-electron chi connectivity index (χ3n) is 2.36. The molecule has 1 atom stereocenters. The van der Waals surface area contributed by atoms with Gasteiger partial charge in [0.1, 0.15) is 5.25 Å². The molecule has 0 aromatic carbocycles. The van der Waals surface area contributed by atoms with Gasteiger partial charge in [0.15, 0.2) is 10.8 Å². The number of thiazole rings is 1. The van der Waals surface area contributed by atoms with E-state index in [0.717, 1.165) is 16.5 Å². The second-order valence-corrected chi connectivity index (χ2v) is 5.72. The van der Waals surface area contributed by atoms with Crippen molar-refractivity contribution in [3.05, 3.63) is 29.5 Å². The van der Waals surface area contributed by atoms with Gasteiger partial charge in [0, 0.05) is 11.1 Å². The number of thioether (sulfide) groups is 1. The predicted molar refractivity (Wildman–Crippen MR) is 72.8 cm³/mol. The van der Waals surface area contributed by atoms with Crippen LogP contribution in [0.3, 0.4) is 0 Å². The molecule has 6 heteroatoms. The van der Waals surface area contributed by atoms with Gasteiger partial charge in [-0.05, 0) is 18.6 Å². The molecule has 0 radical (unpaired) electrons. The highest BCUT2D eigenvalue weighted by molar-refractivity contribution is 7.99. The van der Waals surface area contributed by atoms with Crippen LogP contribution < -0.4 is 0 Å². The smallest absolute Gasteiger partial charge is 0.316 e. The van der Waals surface area contributed by atoms with Crippen molar-refractivity contribution in [2.24, 2.45) is 0 Å². The first kappa shape index (κ1) is 13.2. The first-order chi connectivity index (χ1) is 8.70. The van der Waals surface area contributed by atoms with Crippen LogP contribution >= 0.6 is 23.1 Å². The molecule has 18 heavy (non-hydrogen) atoms. The molecule has 0 fully saturated rings. The van der Waals surface area contributed by atoms with Crippen LogP contribution in [0.4, 0.5) is 0 Å². The Morgan fingerprint density at radius 1 is 1.67 bits per heavy atom. The van der Waals surface area contributed by atoms with Gasteiger partial charge in [-0.1, -0.05) is 6.92 Å². The van der Waals surface area contributed by atoms with E-state index >= 15 is 0 Å². The number of aliphatic carboxylic acids is 1. The number of carbonyl (C=O) groups is 1. The zero-order chi connectivity index (χ0) is 13.0. The summed E-state index contributed by atoms with van der Waals surface area (Å²) >= 11 is 2.92. The zero-order valence-electron chi connectivity index (χ0n) is 9.83. The van der Waals surface area contributed by atoms with Crippen LogP contribution in [0.15, 0.2) is 28.2 Å². The molecule has 2 aromatic rings. The van der Waals surface area contributed by atoms with Crippen LogP contribution in [0, 0.1) is 0 Å². The minimum Gasteiger partial charge on any atom is -0.480 e. The molecule has 1 N–H and O–H groups in total. The molecule has 0 aliphatic carbocycles. The molecule has 0 saturated carbocycles. The third kappa shape index (κ3) is 3.14. The lowest BCUT2D eigenvalue weighted by Gasteiger charge is -2.07. The number of hydrogen-bond acceptors (Lipinski definition) is 5. The van der Waals surface area contributed by atoms with Gasteiger partial charge in [-0.15, -0.1) is 23.1 Å². The highest BCUT2D eigenvalue weighted by atomic mass is 32.2. The number of carboxylic acid groups (broad SMARTS) is 1. The molecular formula is C12H13NO3S2. The molecule has 0 bridgehead atoms. The van der Waals surface area contributed by atoms with E-state index in [2.05, 4.69) is 4.98 Å². The van der Waals surface area contributed by atoms with Crippen molar-refractivity contribution in [3.8, 4) is 10.8 Å². The topological polar surface area (TPSA) is 63.3 Å². The molecule has 1 unspecified atom stereocenters. The molecule has 96 valence electrons. The molecule has 0 amide bonds. The van der Waals surface area contributed by atoms with Crippen molar-refractivity contribution in [1.29, 1.82) is 0 Å². The average molecular weight is 283 g/mol. The lowest BCUT2D eigenvalue weighted by atomic mass is 10.3. The summed E-state index contributed by atoms with van der Waals surface area (Å²) in [6, 6.07) is 3.69. The van der Waals surface area contributed by atoms with Crippen LogP contribution in [0.2, 0.25) is 0 Å². The Kier molecular flexibility index (Phi) is 4.43. The summed E-state index contributed by atoms with van der Waals surface area (Å²) < 4.78 is 5.26. The number of nitrogens with zero attached hydrogens (tertiary/aromatic N) is 1. The summed E-state index contributed by atoms with van der Waals surface area (Å²) in [4.78, 5) is 15.3. The van der Waals surface area contributed by atoms with E-state index in [1.807, 2.05) is 24.4 Å². The van der Waals surface area contributed by atoms with Crippen LogP contribution in [0.25, 0.3) is 10.8 Å². The summed E-state index contributed by atoms with van der Waals surface area (Å²) in [5, 5.41) is 11.4. The predicted octanol–water partition coefficient (Wildman–Crippen LogP) is 3.50. The van der Waals surface area contributed by atoms with Crippen LogP contribution in [0.5, 0.6) is 0 Å². The minimum absolute atomic E-state index is 0.362. The molecule has 0 saturated heterocycles. The van der Waals surface area contributed by atoms with E-state index in [9.17, 15) is 4.79 Å². The van der Waals surface area contributed by atoms with E-state index in [1.54, 1.807) is 6.26 Å². The number of furan rings is 1. The molecule has 0 spiro atoms. The largest absolute Gasteiger partial charge is 0.480 e. The maximum atomic E-state index is 10.9. The van der Waals surface area contributed by atoms with Gasteiger partial charge in [-0.25, -0.2) is 4.98 Å². The third-order valence-corrected chi connectivity index (χ3v) is 4.67. The summed E-state index contributed by atoms with van der Waals surface area (Å²) in [6.45, 7) is 1.88. The Balaban J connectivity index is 1.97. The molecular weight excluding hydrogens is 270 g/mol. The van der Waals surface area contributed by atoms with Crippen LogP contribution in [-0.4, -0.2) is 21.3 Å². The van der Waals surface area contributed by atoms with E-state index < -0.39 is 5.97 Å². The summed E-state index contributed by atoms with van der Waals surface area (Å²) in [6.07, 6.45) is 2.23. The Hall–Kier alpha value is -1.27. The Labute approximate surface area is 113 Å². The molecule has 4 nitrogen and oxygen atoms in total. The van der Waals surface area contributed by atoms with Crippen molar-refractivity contribution in [3.63, 3.8) is 0 Å². The van der Waals surface area contributed by atoms with Gasteiger partial charge in [0.25, 0.3) is 0 Å². The van der Waals surface area contributed by atoms with Crippen molar-refractivity contribution < 1.29 is 14.3 Å². The fourth-order valence-electron chi connectivity index (χ4n) is 1.44. The van der Waals surface area contributed by atoms with Crippen molar-refractivity contribution in [2.75, 3.05) is 0 Å². The van der Waals surface area contributed by atoms with Crippen LogP contribution in [-0.2, 0) is 10.5 Å². The number of hydrogen-bond donors (Lipinski definition) is 1. The van der Waals surface area contributed by atoms with Gasteiger partial charge >= 0.3 is 5.97 Å². The zero-order valence-corrected chi connectivity index (χ0v) is 11.5. The number of rotatable bonds is 6. The fraction of sp³-hybridized carbons (Fsp3) is 0.333. The van der Waals surface area contributed by atoms with Gasteiger partial charge in [-0.2, -0.15) is 0 Å². The first-order valence-electron chi connectivity index (χ1n) is 5.53. The lowest BCUT2D eigenvalue weighted by molar-refractivity contribution is -0.136. The van der Waals surface area contributed by atoms with E-state index in [4.69, 9.17) is 9.52 Å². The van der Waals surface area contributed by atoms with Crippen molar-refractivity contribution in [2.45, 2.75) is 24.3 Å². The number of carboxylic acids is 1. The van der Waals surface area contributed by atoms with E-state index in [-0.39, 0.29) is 5.25 Å². The average Bonchev–Trinajstić information content (AvgIpc) is 2.99. The lowest BCUT2D eigenvalue weighted by Crippen LogP contribution is -2.15. The highest BCUT2D eigenvalue weighted by Crippen LogP contribution is 2.27. The van der Waals surface area contributed by atoms with Gasteiger partial charge in [-0.3, -0.25) is 4.79 Å². The Morgan fingerprint density at radius 3 is 3.11 bits per heavy atom. The second-order valence-electron chi connectivity index (χ2n) is 3.67. The Morgan fingerprint density at radius 2 is 2.50 bits per heavy atom. The molecule has 2 aromatic heterocycles. The maximum Gasteiger partial charge on any atom is 0.316 e. The van der Waals surface area contributed by atoms with Crippen molar-refractivity contribution in [1.82, 2.24) is 4.98 Å². The first-order valence-corrected chi connectivity index (χ1v) is 7.46.